The van der Waals surface area contributed by atoms with Crippen molar-refractivity contribution in [2.24, 2.45) is 11.8 Å². The van der Waals surface area contributed by atoms with E-state index in [2.05, 4.69) is 5.32 Å². The number of hydrogen-bond acceptors (Lipinski definition) is 6. The van der Waals surface area contributed by atoms with Crippen LogP contribution in [0.5, 0.6) is 0 Å². The van der Waals surface area contributed by atoms with E-state index in [0.29, 0.717) is 6.42 Å². The molecule has 0 spiro atoms. The minimum atomic E-state index is -0.690. The van der Waals surface area contributed by atoms with Gasteiger partial charge in [-0.1, -0.05) is 30.3 Å². The van der Waals surface area contributed by atoms with Crippen molar-refractivity contribution >= 4 is 18.0 Å². The van der Waals surface area contributed by atoms with E-state index in [1.807, 2.05) is 30.3 Å². The molecular weight excluding hydrogens is 388 g/mol. The largest absolute Gasteiger partial charge is 0.469 e. The lowest BCUT2D eigenvalue weighted by atomic mass is 9.88. The molecule has 2 rings (SSSR count). The van der Waals surface area contributed by atoms with Crippen molar-refractivity contribution in [3.63, 3.8) is 0 Å². The zero-order valence-corrected chi connectivity index (χ0v) is 18.1. The van der Waals surface area contributed by atoms with E-state index in [1.54, 1.807) is 20.8 Å². The third-order valence-electron chi connectivity index (χ3n) is 4.90. The predicted molar refractivity (Wildman–Crippen MR) is 111 cm³/mol. The number of nitrogens with one attached hydrogen (secondary N) is 1. The number of rotatable bonds is 6. The maximum atomic E-state index is 12.9. The van der Waals surface area contributed by atoms with Crippen LogP contribution in [0.2, 0.25) is 0 Å². The van der Waals surface area contributed by atoms with Crippen molar-refractivity contribution in [3.8, 4) is 0 Å². The van der Waals surface area contributed by atoms with Gasteiger partial charge in [-0.15, -0.1) is 0 Å². The van der Waals surface area contributed by atoms with Crippen molar-refractivity contribution in [1.29, 1.82) is 0 Å². The van der Waals surface area contributed by atoms with Crippen LogP contribution in [0.3, 0.4) is 0 Å². The summed E-state index contributed by atoms with van der Waals surface area (Å²) in [6, 6.07) is 9.07. The van der Waals surface area contributed by atoms with Crippen LogP contribution in [0.1, 0.15) is 32.8 Å². The first-order valence-corrected chi connectivity index (χ1v) is 10.1. The lowest BCUT2D eigenvalue weighted by Crippen LogP contribution is -2.53. The van der Waals surface area contributed by atoms with Crippen LogP contribution in [0.4, 0.5) is 4.79 Å². The molecule has 1 aliphatic rings. The average molecular weight is 421 g/mol. The molecule has 3 atom stereocenters. The number of hydrogen-bond donors (Lipinski definition) is 2. The summed E-state index contributed by atoms with van der Waals surface area (Å²) < 4.78 is 10.3. The van der Waals surface area contributed by atoms with Crippen LogP contribution >= 0.6 is 0 Å². The molecule has 0 saturated carbocycles. The van der Waals surface area contributed by atoms with Gasteiger partial charge >= 0.3 is 12.1 Å². The highest BCUT2D eigenvalue weighted by Crippen LogP contribution is 2.25. The van der Waals surface area contributed by atoms with E-state index in [4.69, 9.17) is 9.47 Å². The van der Waals surface area contributed by atoms with Gasteiger partial charge in [0.1, 0.15) is 5.60 Å². The summed E-state index contributed by atoms with van der Waals surface area (Å²) in [6.45, 7) is 5.32. The number of carbonyl (C=O) groups excluding carboxylic acids is 3. The predicted octanol–water partition coefficient (Wildman–Crippen LogP) is 1.75. The second-order valence-corrected chi connectivity index (χ2v) is 8.62. The summed E-state index contributed by atoms with van der Waals surface area (Å²) in [6.07, 6.45) is 0.171. The number of methoxy groups -OCH3 is 1. The van der Waals surface area contributed by atoms with Crippen molar-refractivity contribution in [3.05, 3.63) is 35.9 Å². The molecule has 1 fully saturated rings. The van der Waals surface area contributed by atoms with Crippen LogP contribution < -0.4 is 5.32 Å². The molecule has 0 bridgehead atoms. The highest BCUT2D eigenvalue weighted by Gasteiger charge is 2.39. The Bertz CT molecular complexity index is 731. The molecule has 8 nitrogen and oxygen atoms in total. The number of aliphatic hydroxyl groups excluding tert-OH is 1. The average Bonchev–Trinajstić information content (AvgIpc) is 2.71. The van der Waals surface area contributed by atoms with Gasteiger partial charge in [0.25, 0.3) is 0 Å². The van der Waals surface area contributed by atoms with Crippen LogP contribution in [0.15, 0.2) is 30.3 Å². The molecule has 1 unspecified atom stereocenters. The van der Waals surface area contributed by atoms with Gasteiger partial charge in [0.2, 0.25) is 5.91 Å². The Kier molecular flexibility index (Phi) is 8.23. The fourth-order valence-electron chi connectivity index (χ4n) is 3.48. The van der Waals surface area contributed by atoms with E-state index in [9.17, 15) is 19.5 Å². The van der Waals surface area contributed by atoms with Crippen molar-refractivity contribution in [1.82, 2.24) is 10.2 Å². The molecule has 166 valence electrons. The SMILES string of the molecule is COC(=O)[C@@H]1C[C@H](C(=O)NC(CO)Cc2ccccc2)CN(C(=O)OC(C)(C)C)C1. The lowest BCUT2D eigenvalue weighted by molar-refractivity contribution is -0.148. The number of esters is 1. The number of nitrogens with zero attached hydrogens (tertiary/aromatic N) is 1. The molecule has 30 heavy (non-hydrogen) atoms. The van der Waals surface area contributed by atoms with Gasteiger partial charge in [0.05, 0.1) is 31.6 Å². The first-order chi connectivity index (χ1) is 14.1. The van der Waals surface area contributed by atoms with Crippen molar-refractivity contribution in [2.45, 2.75) is 45.3 Å². The third kappa shape index (κ3) is 7.02. The molecule has 8 heteroatoms. The zero-order valence-electron chi connectivity index (χ0n) is 18.1. The van der Waals surface area contributed by atoms with Gasteiger partial charge in [0.15, 0.2) is 0 Å². The number of carbonyl (C=O) groups is 3. The highest BCUT2D eigenvalue weighted by atomic mass is 16.6. The first kappa shape index (κ1) is 23.7. The summed E-state index contributed by atoms with van der Waals surface area (Å²) in [7, 11) is 1.28. The van der Waals surface area contributed by atoms with Crippen molar-refractivity contribution < 1.29 is 29.0 Å². The molecule has 1 aromatic rings. The molecule has 1 heterocycles. The Balaban J connectivity index is 2.08. The van der Waals surface area contributed by atoms with Gasteiger partial charge in [-0.25, -0.2) is 4.79 Å². The maximum absolute atomic E-state index is 12.9. The Morgan fingerprint density at radius 3 is 2.37 bits per heavy atom. The number of ether oxygens (including phenoxy) is 2. The summed E-state index contributed by atoms with van der Waals surface area (Å²) in [4.78, 5) is 39.0. The van der Waals surface area contributed by atoms with E-state index in [1.165, 1.54) is 12.0 Å². The second-order valence-electron chi connectivity index (χ2n) is 8.62. The fourth-order valence-corrected chi connectivity index (χ4v) is 3.48. The summed E-state index contributed by atoms with van der Waals surface area (Å²) in [5.74, 6) is -2.01. The maximum Gasteiger partial charge on any atom is 0.410 e. The lowest BCUT2D eigenvalue weighted by Gasteiger charge is -2.37. The van der Waals surface area contributed by atoms with E-state index < -0.39 is 35.5 Å². The first-order valence-electron chi connectivity index (χ1n) is 10.1. The Morgan fingerprint density at radius 1 is 1.17 bits per heavy atom. The highest BCUT2D eigenvalue weighted by molar-refractivity contribution is 5.82. The van der Waals surface area contributed by atoms with E-state index in [0.717, 1.165) is 5.56 Å². The number of amides is 2. The Hall–Kier alpha value is -2.61. The number of aliphatic hydroxyl groups is 1. The number of likely N-dealkylation sites (tertiary alicyclic amines) is 1. The van der Waals surface area contributed by atoms with Crippen LogP contribution in [-0.2, 0) is 25.5 Å². The third-order valence-corrected chi connectivity index (χ3v) is 4.90. The molecule has 1 aromatic carbocycles. The van der Waals surface area contributed by atoms with Crippen LogP contribution in [-0.4, -0.2) is 66.4 Å². The van der Waals surface area contributed by atoms with Gasteiger partial charge < -0.3 is 24.8 Å². The smallest absolute Gasteiger partial charge is 0.410 e. The normalized spacial score (nSPS) is 20.2. The minimum Gasteiger partial charge on any atom is -0.469 e. The molecule has 0 radical (unpaired) electrons. The zero-order chi connectivity index (χ0) is 22.3. The summed E-state index contributed by atoms with van der Waals surface area (Å²) >= 11 is 0. The molecule has 1 saturated heterocycles. The summed E-state index contributed by atoms with van der Waals surface area (Å²) in [5.41, 5.74) is 0.299. The van der Waals surface area contributed by atoms with Crippen LogP contribution in [0, 0.1) is 11.8 Å². The van der Waals surface area contributed by atoms with Gasteiger partial charge in [-0.2, -0.15) is 0 Å². The van der Waals surface area contributed by atoms with E-state index >= 15 is 0 Å². The molecule has 0 aliphatic carbocycles. The number of benzene rings is 1. The molecule has 0 aromatic heterocycles. The summed E-state index contributed by atoms with van der Waals surface area (Å²) in [5, 5.41) is 12.6. The van der Waals surface area contributed by atoms with Gasteiger partial charge in [-0.3, -0.25) is 9.59 Å². The second kappa shape index (κ2) is 10.4. The van der Waals surface area contributed by atoms with Crippen LogP contribution in [0.25, 0.3) is 0 Å². The van der Waals surface area contributed by atoms with Crippen molar-refractivity contribution in [2.75, 3.05) is 26.8 Å². The molecule has 1 aliphatic heterocycles. The monoisotopic (exact) mass is 420 g/mol. The Labute approximate surface area is 177 Å². The topological polar surface area (TPSA) is 105 Å². The fraction of sp³-hybridized carbons (Fsp3) is 0.591. The standard InChI is InChI=1S/C22H32N2O6/c1-22(2,3)30-21(28)24-12-16(11-17(13-24)20(27)29-4)19(26)23-18(14-25)10-15-8-6-5-7-9-15/h5-9,16-18,25H,10-14H2,1-4H3,(H,23,26)/t16-,17+,18?/m0/s1. The van der Waals surface area contributed by atoms with Gasteiger partial charge in [0, 0.05) is 13.1 Å². The van der Waals surface area contributed by atoms with E-state index in [-0.39, 0.29) is 32.0 Å². The molecule has 2 N–H and O–H groups in total. The van der Waals surface area contributed by atoms with Gasteiger partial charge in [-0.05, 0) is 39.2 Å². The quantitative estimate of drug-likeness (QED) is 0.680. The Morgan fingerprint density at radius 2 is 1.80 bits per heavy atom. The minimum absolute atomic E-state index is 0.137. The number of piperidine rings is 1. The molecule has 2 amide bonds. The molecular formula is C22H32N2O6.